The average molecular weight is 1030 g/mol. The highest BCUT2D eigenvalue weighted by Crippen LogP contribution is 2.38. The molecule has 4 aliphatic heterocycles. The first kappa shape index (κ1) is 60.5. The second-order valence-electron chi connectivity index (χ2n) is 22.2. The molecule has 4 fully saturated rings. The van der Waals surface area contributed by atoms with Gasteiger partial charge in [-0.2, -0.15) is 0 Å². The van der Waals surface area contributed by atoms with E-state index in [1.807, 2.05) is 38.2 Å². The summed E-state index contributed by atoms with van der Waals surface area (Å²) in [5.74, 6) is -6.43. The highest BCUT2D eigenvalue weighted by atomic mass is 16.6. The molecule has 412 valence electrons. The number of aliphatic hydroxyl groups excluding tert-OH is 2. The van der Waals surface area contributed by atoms with Crippen molar-refractivity contribution in [2.75, 3.05) is 53.8 Å². The van der Waals surface area contributed by atoms with Gasteiger partial charge in [0.05, 0.1) is 50.8 Å². The molecule has 5 aliphatic rings. The number of nitrogens with zero attached hydrogens (tertiary/aromatic N) is 1. The van der Waals surface area contributed by atoms with Gasteiger partial charge in [-0.15, -0.1) is 0 Å². The van der Waals surface area contributed by atoms with Gasteiger partial charge in [-0.25, -0.2) is 4.79 Å². The second kappa shape index (κ2) is 29.2. The van der Waals surface area contributed by atoms with Gasteiger partial charge < -0.3 is 53.4 Å². The summed E-state index contributed by atoms with van der Waals surface area (Å²) in [7, 11) is 3.19. The Morgan fingerprint density at radius 3 is 2.30 bits per heavy atom. The predicted molar refractivity (Wildman–Crippen MR) is 278 cm³/mol. The number of rotatable bonds is 12. The van der Waals surface area contributed by atoms with Crippen molar-refractivity contribution in [3.63, 3.8) is 0 Å². The number of fused-ring (bicyclic) bond motifs is 3. The van der Waals surface area contributed by atoms with E-state index in [4.69, 9.17) is 33.2 Å². The fraction of sp³-hybridized carbons (Fsp3) is 0.759. The van der Waals surface area contributed by atoms with Crippen LogP contribution in [-0.2, 0) is 52.3 Å². The largest absolute Gasteiger partial charge is 0.460 e. The van der Waals surface area contributed by atoms with E-state index in [1.165, 1.54) is 4.90 Å². The number of carbonyl (C=O) groups is 4. The van der Waals surface area contributed by atoms with Crippen molar-refractivity contribution in [1.29, 1.82) is 0 Å². The van der Waals surface area contributed by atoms with Gasteiger partial charge in [-0.3, -0.25) is 14.4 Å². The van der Waals surface area contributed by atoms with Gasteiger partial charge in [0.25, 0.3) is 11.7 Å². The third-order valence-electron chi connectivity index (χ3n) is 16.4. The highest BCUT2D eigenvalue weighted by molar-refractivity contribution is 6.39. The molecule has 2 bridgehead atoms. The maximum atomic E-state index is 14.6. The first-order chi connectivity index (χ1) is 34.8. The summed E-state index contributed by atoms with van der Waals surface area (Å²) in [6.07, 6.45) is 14.6. The minimum absolute atomic E-state index is 0.00906. The summed E-state index contributed by atoms with van der Waals surface area (Å²) >= 11 is 0. The lowest BCUT2D eigenvalue weighted by Crippen LogP contribution is -2.61. The molecule has 15 unspecified atom stereocenters. The lowest BCUT2D eigenvalue weighted by Gasteiger charge is -2.43. The smallest absolute Gasteiger partial charge is 0.329 e. The molecule has 73 heavy (non-hydrogen) atoms. The monoisotopic (exact) mass is 1030 g/mol. The van der Waals surface area contributed by atoms with E-state index in [0.29, 0.717) is 82.7 Å². The molecule has 1 saturated carbocycles. The Morgan fingerprint density at radius 2 is 1.62 bits per heavy atom. The van der Waals surface area contributed by atoms with Crippen LogP contribution < -0.4 is 0 Å². The molecule has 5 rings (SSSR count). The lowest BCUT2D eigenvalue weighted by atomic mass is 9.78. The number of cyclic esters (lactones) is 1. The minimum atomic E-state index is -2.44. The summed E-state index contributed by atoms with van der Waals surface area (Å²) in [6.45, 7) is 19.9. The third kappa shape index (κ3) is 16.8. The Labute approximate surface area is 436 Å². The number of Topliss-reactive ketones (excluding diaryl/α,β-unsaturated/α-hetero) is 2. The second-order valence-corrected chi connectivity index (χ2v) is 22.2. The van der Waals surface area contributed by atoms with Crippen molar-refractivity contribution in [2.45, 2.75) is 186 Å². The van der Waals surface area contributed by atoms with Gasteiger partial charge in [0, 0.05) is 58.0 Å². The normalized spacial score (nSPS) is 38.5. The molecule has 0 radical (unpaired) electrons. The Bertz CT molecular complexity index is 1940. The average Bonchev–Trinajstić information content (AvgIpc) is 3.35. The molecule has 15 nitrogen and oxygen atoms in total. The summed E-state index contributed by atoms with van der Waals surface area (Å²) in [5.41, 5.74) is 2.23. The number of ether oxygens (including phenoxy) is 7. The molecule has 0 aromatic heterocycles. The maximum absolute atomic E-state index is 14.6. The van der Waals surface area contributed by atoms with Crippen LogP contribution >= 0.6 is 0 Å². The molecule has 1 amide bonds. The highest BCUT2D eigenvalue weighted by Gasteiger charge is 2.53. The van der Waals surface area contributed by atoms with Crippen molar-refractivity contribution in [1.82, 2.24) is 4.90 Å². The number of carbonyl (C=O) groups excluding carboxylic acids is 4. The van der Waals surface area contributed by atoms with Gasteiger partial charge in [-0.1, -0.05) is 77.7 Å². The molecule has 0 spiro atoms. The maximum Gasteiger partial charge on any atom is 0.329 e. The number of aliphatic hydroxyl groups is 3. The van der Waals surface area contributed by atoms with Crippen LogP contribution in [0.15, 0.2) is 59.8 Å². The topological polar surface area (TPSA) is 197 Å². The third-order valence-corrected chi connectivity index (χ3v) is 16.4. The van der Waals surface area contributed by atoms with Crippen LogP contribution in [0.3, 0.4) is 0 Å². The van der Waals surface area contributed by atoms with E-state index in [1.54, 1.807) is 41.1 Å². The summed E-state index contributed by atoms with van der Waals surface area (Å²) < 4.78 is 42.2. The van der Waals surface area contributed by atoms with Gasteiger partial charge in [0.2, 0.25) is 5.79 Å². The Balaban J connectivity index is 1.46. The Kier molecular flexibility index (Phi) is 24.2. The van der Waals surface area contributed by atoms with Crippen molar-refractivity contribution >= 4 is 23.4 Å². The molecule has 3 N–H and O–H groups in total. The summed E-state index contributed by atoms with van der Waals surface area (Å²) in [5, 5.41) is 33.3. The van der Waals surface area contributed by atoms with Crippen LogP contribution in [-0.4, -0.2) is 152 Å². The van der Waals surface area contributed by atoms with Gasteiger partial charge >= 0.3 is 5.97 Å². The molecule has 1 aliphatic carbocycles. The molecule has 0 aromatic carbocycles. The standard InChI is InChI=1S/C58H91NO14/c1-36-16-12-11-13-17-37(2)50(70-26-23-45-34-69-35-45)32-46-21-19-42(7)58(66,73-46)55(63)56(64)59-24-15-14-18-47(59)57(65)72-51(40(5)30-44-20-22-49(71-27-25-60)52(31-44)67-9)33-48(61)39(4)29-41(6)53(62)54(68-10)43(8)38(3)28-36/h11-13,16-17,29,36,38-40,42,44-47,49-54,60,62,66H,8,14-15,18-28,30-35H2,1-7,9-10H3/b13-11+,16-12+,37-17+,41-29+. The van der Waals surface area contributed by atoms with Crippen LogP contribution in [0.4, 0.5) is 0 Å². The Morgan fingerprint density at radius 1 is 0.863 bits per heavy atom. The van der Waals surface area contributed by atoms with Gasteiger partial charge in [0.1, 0.15) is 30.1 Å². The van der Waals surface area contributed by atoms with Crippen LogP contribution in [0.5, 0.6) is 0 Å². The zero-order valence-corrected chi connectivity index (χ0v) is 45.5. The summed E-state index contributed by atoms with van der Waals surface area (Å²) in [4.78, 5) is 59.1. The zero-order valence-electron chi connectivity index (χ0n) is 45.5. The fourth-order valence-electron chi connectivity index (χ4n) is 11.4. The van der Waals surface area contributed by atoms with E-state index in [9.17, 15) is 34.5 Å². The molecule has 3 saturated heterocycles. The van der Waals surface area contributed by atoms with Crippen LogP contribution in [0.25, 0.3) is 0 Å². The quantitative estimate of drug-likeness (QED) is 0.0982. The Hall–Kier alpha value is -3.38. The SMILES string of the molecule is C=C1C(C)CC(C)/C=C/C=C/C=C(\C)C(OCCC2COC2)CC2CCC(C)C(O)(O2)C(=O)C(=O)N2CCCCC2C(=O)OC(C(C)CC2CCC(OCCO)C(OC)C2)CC(=O)C(C)/C=C(\C)C(O)C1OC. The first-order valence-corrected chi connectivity index (χ1v) is 27.3. The molecule has 15 heteroatoms. The van der Waals surface area contributed by atoms with E-state index in [-0.39, 0.29) is 74.3 Å². The van der Waals surface area contributed by atoms with E-state index < -0.39 is 71.8 Å². The first-order valence-electron chi connectivity index (χ1n) is 27.3. The molecule has 0 aromatic rings. The van der Waals surface area contributed by atoms with E-state index >= 15 is 0 Å². The number of hydrogen-bond donors (Lipinski definition) is 3. The van der Waals surface area contributed by atoms with Gasteiger partial charge in [-0.05, 0) is 125 Å². The number of allylic oxidation sites excluding steroid dienone is 6. The number of amides is 1. The van der Waals surface area contributed by atoms with E-state index in [2.05, 4.69) is 26.5 Å². The van der Waals surface area contributed by atoms with Crippen molar-refractivity contribution in [3.8, 4) is 0 Å². The number of methoxy groups -OCH3 is 2. The minimum Gasteiger partial charge on any atom is -0.460 e. The summed E-state index contributed by atoms with van der Waals surface area (Å²) in [6, 6.07) is -1.13. The number of piperidine rings is 1. The molecular formula is C58H91NO14. The van der Waals surface area contributed by atoms with Crippen LogP contribution in [0, 0.1) is 41.4 Å². The molecular weight excluding hydrogens is 935 g/mol. The van der Waals surface area contributed by atoms with Crippen LogP contribution in [0.1, 0.15) is 132 Å². The molecule has 4 heterocycles. The number of ketones is 2. The zero-order chi connectivity index (χ0) is 53.4. The number of hydrogen-bond acceptors (Lipinski definition) is 14. The van der Waals surface area contributed by atoms with Crippen molar-refractivity contribution in [2.24, 2.45) is 41.4 Å². The predicted octanol–water partition coefficient (Wildman–Crippen LogP) is 7.59. The molecule has 15 atom stereocenters. The fourth-order valence-corrected chi connectivity index (χ4v) is 11.4. The van der Waals surface area contributed by atoms with Crippen molar-refractivity contribution < 1.29 is 67.7 Å². The van der Waals surface area contributed by atoms with E-state index in [0.717, 1.165) is 30.4 Å². The van der Waals surface area contributed by atoms with Crippen molar-refractivity contribution in [3.05, 3.63) is 59.8 Å². The van der Waals surface area contributed by atoms with Crippen LogP contribution in [0.2, 0.25) is 0 Å². The lowest BCUT2D eigenvalue weighted by molar-refractivity contribution is -0.266. The number of esters is 1. The van der Waals surface area contributed by atoms with Gasteiger partial charge in [0.15, 0.2) is 0 Å².